The van der Waals surface area contributed by atoms with Gasteiger partial charge in [0.15, 0.2) is 23.0 Å². The van der Waals surface area contributed by atoms with Gasteiger partial charge in [0.1, 0.15) is 12.1 Å². The molecule has 0 spiro atoms. The number of hydrogen-bond donors (Lipinski definition) is 2. The normalized spacial score (nSPS) is 17.6. The number of aliphatic hydroxyl groups is 1. The van der Waals surface area contributed by atoms with Crippen LogP contribution in [0.1, 0.15) is 50.6 Å². The first kappa shape index (κ1) is 28.1. The molecule has 224 valence electrons. The lowest BCUT2D eigenvalue weighted by molar-refractivity contribution is 0.266. The Morgan fingerprint density at radius 1 is 0.976 bits per heavy atom. The van der Waals surface area contributed by atoms with Gasteiger partial charge in [0.05, 0.1) is 56.9 Å². The number of nitrogens with zero attached hydrogens (tertiary/aromatic N) is 7. The summed E-state index contributed by atoms with van der Waals surface area (Å²) in [5.41, 5.74) is 2.53. The number of imidazole rings is 1. The minimum absolute atomic E-state index is 0.0243. The number of benzene rings is 1. The van der Waals surface area contributed by atoms with E-state index in [4.69, 9.17) is 29.3 Å². The second-order valence-corrected chi connectivity index (χ2v) is 11.2. The van der Waals surface area contributed by atoms with Crippen molar-refractivity contribution in [2.24, 2.45) is 5.92 Å². The molecule has 0 unspecified atom stereocenters. The number of aryl methyl sites for hydroxylation is 1. The zero-order valence-corrected chi connectivity index (χ0v) is 24.8. The Morgan fingerprint density at radius 3 is 2.43 bits per heavy atom. The molecule has 1 saturated heterocycles. The largest absolute Gasteiger partial charge is 0.493 e. The summed E-state index contributed by atoms with van der Waals surface area (Å²) in [6, 6.07) is 3.75. The average Bonchev–Trinajstić information content (AvgIpc) is 3.76. The molecule has 6 rings (SSSR count). The highest BCUT2D eigenvalue weighted by atomic mass is 16.5. The van der Waals surface area contributed by atoms with E-state index in [-0.39, 0.29) is 12.6 Å². The van der Waals surface area contributed by atoms with Crippen LogP contribution >= 0.6 is 0 Å². The van der Waals surface area contributed by atoms with Gasteiger partial charge in [-0.05, 0) is 38.5 Å². The fourth-order valence-corrected chi connectivity index (χ4v) is 6.40. The lowest BCUT2D eigenvalue weighted by Gasteiger charge is -2.25. The van der Waals surface area contributed by atoms with Gasteiger partial charge < -0.3 is 34.1 Å². The van der Waals surface area contributed by atoms with E-state index >= 15 is 0 Å². The van der Waals surface area contributed by atoms with Crippen LogP contribution in [-0.2, 0) is 6.54 Å². The van der Waals surface area contributed by atoms with Gasteiger partial charge in [-0.3, -0.25) is 0 Å². The number of ether oxygens (including phenoxy) is 3. The van der Waals surface area contributed by atoms with Crippen molar-refractivity contribution < 1.29 is 19.3 Å². The zero-order chi connectivity index (χ0) is 29.2. The Bertz CT molecular complexity index is 1520. The number of aromatic nitrogens is 6. The molecule has 0 radical (unpaired) electrons. The van der Waals surface area contributed by atoms with Crippen LogP contribution in [0, 0.1) is 12.8 Å². The van der Waals surface area contributed by atoms with Crippen molar-refractivity contribution in [2.45, 2.75) is 64.5 Å². The molecule has 1 aromatic carbocycles. The smallest absolute Gasteiger partial charge is 0.232 e. The van der Waals surface area contributed by atoms with Crippen molar-refractivity contribution in [2.75, 3.05) is 44.7 Å². The molecular formula is C30H40N8O4. The fraction of sp³-hybridized carbons (Fsp3) is 0.533. The molecule has 1 saturated carbocycles. The van der Waals surface area contributed by atoms with Gasteiger partial charge in [-0.1, -0.05) is 19.3 Å². The summed E-state index contributed by atoms with van der Waals surface area (Å²) < 4.78 is 20.5. The minimum atomic E-state index is 0.0243. The highest BCUT2D eigenvalue weighted by Crippen LogP contribution is 2.40. The molecule has 0 bridgehead atoms. The molecule has 2 fully saturated rings. The molecule has 4 aromatic rings. The number of anilines is 3. The number of rotatable bonds is 10. The maximum absolute atomic E-state index is 10.1. The molecule has 0 amide bonds. The first-order valence-corrected chi connectivity index (χ1v) is 14.8. The third-order valence-corrected chi connectivity index (χ3v) is 8.53. The molecule has 42 heavy (non-hydrogen) atoms. The second kappa shape index (κ2) is 12.0. The summed E-state index contributed by atoms with van der Waals surface area (Å²) in [5.74, 6) is 4.08. The number of aliphatic hydroxyl groups excluding tert-OH is 1. The zero-order valence-electron chi connectivity index (χ0n) is 24.8. The quantitative estimate of drug-likeness (QED) is 0.276. The van der Waals surface area contributed by atoms with E-state index in [1.165, 1.54) is 32.1 Å². The SMILES string of the molecule is COc1cc(-n2cnc(Nc3nc(N4CCC[C@H]4CO)c4c(C)nn(CC5CCCCC5)c4n3)c2)cc(OC)c1OC. The Hall–Kier alpha value is -4.06. The van der Waals surface area contributed by atoms with Gasteiger partial charge in [0.2, 0.25) is 11.7 Å². The van der Waals surface area contributed by atoms with Gasteiger partial charge in [-0.15, -0.1) is 0 Å². The highest BCUT2D eigenvalue weighted by molar-refractivity contribution is 5.91. The van der Waals surface area contributed by atoms with E-state index in [2.05, 4.69) is 19.9 Å². The van der Waals surface area contributed by atoms with Crippen molar-refractivity contribution in [3.8, 4) is 22.9 Å². The summed E-state index contributed by atoms with van der Waals surface area (Å²) in [7, 11) is 4.77. The lowest BCUT2D eigenvalue weighted by Crippen LogP contribution is -2.33. The maximum atomic E-state index is 10.1. The van der Waals surface area contributed by atoms with Crippen molar-refractivity contribution in [1.82, 2.24) is 29.3 Å². The fourth-order valence-electron chi connectivity index (χ4n) is 6.40. The lowest BCUT2D eigenvalue weighted by atomic mass is 9.89. The highest BCUT2D eigenvalue weighted by Gasteiger charge is 2.30. The Morgan fingerprint density at radius 2 is 1.74 bits per heavy atom. The molecule has 3 aromatic heterocycles. The molecule has 1 aliphatic carbocycles. The summed E-state index contributed by atoms with van der Waals surface area (Å²) >= 11 is 0. The van der Waals surface area contributed by atoms with Crippen molar-refractivity contribution in [1.29, 1.82) is 0 Å². The topological polar surface area (TPSA) is 125 Å². The van der Waals surface area contributed by atoms with Crippen LogP contribution in [0.25, 0.3) is 16.7 Å². The Kier molecular flexibility index (Phi) is 8.05. The molecule has 1 atom stereocenters. The van der Waals surface area contributed by atoms with E-state index in [0.29, 0.717) is 34.9 Å². The Labute approximate surface area is 245 Å². The van der Waals surface area contributed by atoms with Crippen LogP contribution in [0.15, 0.2) is 24.7 Å². The summed E-state index contributed by atoms with van der Waals surface area (Å²) in [6.07, 6.45) is 11.8. The molecule has 2 aliphatic rings. The number of hydrogen-bond acceptors (Lipinski definition) is 10. The summed E-state index contributed by atoms with van der Waals surface area (Å²) in [4.78, 5) is 16.8. The van der Waals surface area contributed by atoms with Gasteiger partial charge >= 0.3 is 0 Å². The molecule has 12 nitrogen and oxygen atoms in total. The first-order valence-electron chi connectivity index (χ1n) is 14.8. The van der Waals surface area contributed by atoms with Crippen LogP contribution in [-0.4, -0.2) is 74.9 Å². The summed E-state index contributed by atoms with van der Waals surface area (Å²) in [5, 5.41) is 19.4. The number of methoxy groups -OCH3 is 3. The molecule has 2 N–H and O–H groups in total. The molecule has 4 heterocycles. The van der Waals surface area contributed by atoms with Crippen molar-refractivity contribution >= 4 is 28.6 Å². The summed E-state index contributed by atoms with van der Waals surface area (Å²) in [6.45, 7) is 3.80. The third-order valence-electron chi connectivity index (χ3n) is 8.53. The van der Waals surface area contributed by atoms with Crippen LogP contribution in [0.4, 0.5) is 17.6 Å². The van der Waals surface area contributed by atoms with E-state index in [1.54, 1.807) is 27.7 Å². The first-order chi connectivity index (χ1) is 20.5. The predicted octanol–water partition coefficient (Wildman–Crippen LogP) is 4.63. The monoisotopic (exact) mass is 576 g/mol. The van der Waals surface area contributed by atoms with Gasteiger partial charge in [0, 0.05) is 25.2 Å². The van der Waals surface area contributed by atoms with Crippen molar-refractivity contribution in [3.05, 3.63) is 30.4 Å². The maximum Gasteiger partial charge on any atom is 0.232 e. The molecule has 1 aliphatic heterocycles. The van der Waals surface area contributed by atoms with Crippen LogP contribution in [0.5, 0.6) is 17.2 Å². The third kappa shape index (κ3) is 5.31. The van der Waals surface area contributed by atoms with E-state index in [1.807, 2.05) is 29.8 Å². The molecular weight excluding hydrogens is 536 g/mol. The van der Waals surface area contributed by atoms with E-state index in [0.717, 1.165) is 54.2 Å². The predicted molar refractivity (Wildman–Crippen MR) is 161 cm³/mol. The van der Waals surface area contributed by atoms with E-state index in [9.17, 15) is 5.11 Å². The standard InChI is InChI=1S/C30H40N8O4/c1-19-26-28(37-12-8-11-21(37)17-39)33-30(34-29(26)38(35-19)15-20-9-6-5-7-10-20)32-25-16-36(18-31-25)22-13-23(40-2)27(42-4)24(14-22)41-3/h13-14,16,18,20-21,39H,5-12,15,17H2,1-4H3,(H,32,33,34)/t21-/m0/s1. The van der Waals surface area contributed by atoms with Gasteiger partial charge in [-0.2, -0.15) is 15.1 Å². The van der Waals surface area contributed by atoms with Crippen LogP contribution in [0.3, 0.4) is 0 Å². The van der Waals surface area contributed by atoms with Gasteiger partial charge in [0.25, 0.3) is 0 Å². The van der Waals surface area contributed by atoms with Gasteiger partial charge in [-0.25, -0.2) is 9.67 Å². The van der Waals surface area contributed by atoms with Crippen LogP contribution in [0.2, 0.25) is 0 Å². The van der Waals surface area contributed by atoms with E-state index < -0.39 is 0 Å². The van der Waals surface area contributed by atoms with Crippen molar-refractivity contribution in [3.63, 3.8) is 0 Å². The second-order valence-electron chi connectivity index (χ2n) is 11.2. The number of nitrogens with one attached hydrogen (secondary N) is 1. The minimum Gasteiger partial charge on any atom is -0.493 e. The Balaban J connectivity index is 1.37. The van der Waals surface area contributed by atoms with Crippen LogP contribution < -0.4 is 24.4 Å². The number of fused-ring (bicyclic) bond motifs is 1. The average molecular weight is 577 g/mol. The molecule has 12 heteroatoms.